The summed E-state index contributed by atoms with van der Waals surface area (Å²) in [6.45, 7) is 0.627. The number of carbonyl (C=O) groups excluding carboxylic acids is 1. The third kappa shape index (κ3) is 5.03. The normalized spacial score (nSPS) is 13.8. The summed E-state index contributed by atoms with van der Waals surface area (Å²) in [5.41, 5.74) is 0.728. The predicted molar refractivity (Wildman–Crippen MR) is 134 cm³/mol. The van der Waals surface area contributed by atoms with Crippen molar-refractivity contribution in [3.63, 3.8) is 0 Å². The summed E-state index contributed by atoms with van der Waals surface area (Å²) in [6, 6.07) is 10.2. The molecular formula is C25H21ClF2N6O4. The van der Waals surface area contributed by atoms with Gasteiger partial charge in [-0.1, -0.05) is 29.8 Å². The summed E-state index contributed by atoms with van der Waals surface area (Å²) in [6.07, 6.45) is -2.61. The van der Waals surface area contributed by atoms with Crippen LogP contribution in [0.1, 0.15) is 17.1 Å². The predicted octanol–water partition coefficient (Wildman–Crippen LogP) is 2.89. The average Bonchev–Trinajstić information content (AvgIpc) is 3.33. The average molecular weight is 543 g/mol. The number of alkyl halides is 2. The maximum absolute atomic E-state index is 13.1. The number of rotatable bonds is 7. The van der Waals surface area contributed by atoms with Gasteiger partial charge < -0.3 is 19.4 Å². The summed E-state index contributed by atoms with van der Waals surface area (Å²) in [4.78, 5) is 35.1. The first-order valence-corrected chi connectivity index (χ1v) is 12.1. The number of carbonyl (C=O) groups is 1. The van der Waals surface area contributed by atoms with Crippen LogP contribution in [0.3, 0.4) is 0 Å². The maximum Gasteiger partial charge on any atom is 0.275 e. The van der Waals surface area contributed by atoms with Crippen molar-refractivity contribution in [3.8, 4) is 11.8 Å². The third-order valence-electron chi connectivity index (χ3n) is 6.12. The number of aromatic amines is 1. The number of aromatic nitrogens is 4. The molecule has 0 aliphatic carbocycles. The van der Waals surface area contributed by atoms with Crippen LogP contribution in [0.5, 0.6) is 5.75 Å². The van der Waals surface area contributed by atoms with E-state index in [0.29, 0.717) is 54.1 Å². The number of imidazole rings is 1. The second kappa shape index (κ2) is 10.7. The molecule has 0 atom stereocenters. The largest absolute Gasteiger partial charge is 0.485 e. The minimum Gasteiger partial charge on any atom is -0.485 e. The SMILES string of the molecule is N#Cc1cc2[nH]c(Cc3nn(CC(=O)N4CCOCC4)c(=O)c4ccccc34)nc2c(Cl)c1OCC(F)F. The van der Waals surface area contributed by atoms with Gasteiger partial charge in [0.25, 0.3) is 12.0 Å². The molecule has 5 rings (SSSR count). The molecule has 1 aliphatic heterocycles. The van der Waals surface area contributed by atoms with Crippen molar-refractivity contribution in [3.05, 3.63) is 62.8 Å². The highest BCUT2D eigenvalue weighted by atomic mass is 35.5. The Morgan fingerprint density at radius 3 is 2.71 bits per heavy atom. The van der Waals surface area contributed by atoms with Crippen molar-refractivity contribution in [2.24, 2.45) is 0 Å². The molecule has 0 bridgehead atoms. The number of nitrogens with zero attached hydrogens (tertiary/aromatic N) is 5. The van der Waals surface area contributed by atoms with E-state index in [0.717, 1.165) is 4.68 Å². The van der Waals surface area contributed by atoms with Gasteiger partial charge in [0.1, 0.15) is 35.6 Å². The first kappa shape index (κ1) is 25.6. The molecule has 0 unspecified atom stereocenters. The maximum atomic E-state index is 13.1. The number of nitriles is 1. The smallest absolute Gasteiger partial charge is 0.275 e. The van der Waals surface area contributed by atoms with Crippen LogP contribution >= 0.6 is 11.6 Å². The van der Waals surface area contributed by atoms with E-state index >= 15 is 0 Å². The third-order valence-corrected chi connectivity index (χ3v) is 6.47. The fraction of sp³-hybridized carbons (Fsp3) is 0.320. The summed E-state index contributed by atoms with van der Waals surface area (Å²) in [5, 5.41) is 14.9. The number of hydrogen-bond acceptors (Lipinski definition) is 7. The number of hydrogen-bond donors (Lipinski definition) is 1. The molecule has 0 spiro atoms. The van der Waals surface area contributed by atoms with E-state index in [-0.39, 0.29) is 40.7 Å². The first-order chi connectivity index (χ1) is 18.4. The Hall–Kier alpha value is -4.08. The van der Waals surface area contributed by atoms with Crippen LogP contribution in [0, 0.1) is 11.3 Å². The van der Waals surface area contributed by atoms with Gasteiger partial charge in [0, 0.05) is 18.5 Å². The zero-order chi connectivity index (χ0) is 26.8. The highest BCUT2D eigenvalue weighted by Gasteiger charge is 2.22. The van der Waals surface area contributed by atoms with E-state index in [1.54, 1.807) is 29.2 Å². The van der Waals surface area contributed by atoms with Gasteiger partial charge in [-0.25, -0.2) is 18.4 Å². The Balaban J connectivity index is 1.52. The topological polar surface area (TPSA) is 126 Å². The number of morpholine rings is 1. The zero-order valence-corrected chi connectivity index (χ0v) is 20.7. The number of fused-ring (bicyclic) bond motifs is 2. The fourth-order valence-electron chi connectivity index (χ4n) is 4.34. The van der Waals surface area contributed by atoms with Crippen molar-refractivity contribution in [2.75, 3.05) is 32.9 Å². The number of H-pyrrole nitrogens is 1. The molecule has 0 radical (unpaired) electrons. The van der Waals surface area contributed by atoms with Gasteiger partial charge in [0.05, 0.1) is 41.8 Å². The molecule has 4 aromatic rings. The minimum atomic E-state index is -2.74. The summed E-state index contributed by atoms with van der Waals surface area (Å²) >= 11 is 6.38. The Kier molecular flexibility index (Phi) is 7.22. The van der Waals surface area contributed by atoms with Crippen LogP contribution in [-0.2, 0) is 22.5 Å². The second-order valence-corrected chi connectivity index (χ2v) is 8.96. The molecular weight excluding hydrogens is 522 g/mol. The molecule has 0 saturated carbocycles. The van der Waals surface area contributed by atoms with Crippen LogP contribution in [0.2, 0.25) is 5.02 Å². The van der Waals surface area contributed by atoms with Crippen molar-refractivity contribution in [1.82, 2.24) is 24.6 Å². The lowest BCUT2D eigenvalue weighted by atomic mass is 10.1. The summed E-state index contributed by atoms with van der Waals surface area (Å²) in [7, 11) is 0. The highest BCUT2D eigenvalue weighted by Crippen LogP contribution is 2.35. The van der Waals surface area contributed by atoms with Crippen molar-refractivity contribution in [1.29, 1.82) is 5.26 Å². The minimum absolute atomic E-state index is 0.0166. The highest BCUT2D eigenvalue weighted by molar-refractivity contribution is 6.36. The Morgan fingerprint density at radius 2 is 2.00 bits per heavy atom. The van der Waals surface area contributed by atoms with Crippen molar-refractivity contribution >= 4 is 39.3 Å². The van der Waals surface area contributed by atoms with Gasteiger partial charge in [-0.05, 0) is 12.1 Å². The first-order valence-electron chi connectivity index (χ1n) is 11.7. The van der Waals surface area contributed by atoms with Gasteiger partial charge in [-0.3, -0.25) is 9.59 Å². The number of amides is 1. The van der Waals surface area contributed by atoms with Crippen LogP contribution < -0.4 is 10.3 Å². The quantitative estimate of drug-likeness (QED) is 0.380. The number of ether oxygens (including phenoxy) is 2. The van der Waals surface area contributed by atoms with E-state index in [4.69, 9.17) is 21.1 Å². The monoisotopic (exact) mass is 542 g/mol. The number of nitrogens with one attached hydrogen (secondary N) is 1. The van der Waals surface area contributed by atoms with E-state index in [1.807, 2.05) is 6.07 Å². The summed E-state index contributed by atoms with van der Waals surface area (Å²) in [5.74, 6) is -0.00191. The molecule has 1 N–H and O–H groups in total. The fourth-order valence-corrected chi connectivity index (χ4v) is 4.64. The molecule has 1 fully saturated rings. The molecule has 10 nitrogen and oxygen atoms in total. The van der Waals surface area contributed by atoms with Gasteiger partial charge in [-0.15, -0.1) is 0 Å². The molecule has 1 saturated heterocycles. The van der Waals surface area contributed by atoms with Gasteiger partial charge in [-0.2, -0.15) is 10.4 Å². The van der Waals surface area contributed by atoms with Crippen LogP contribution in [0.4, 0.5) is 8.78 Å². The molecule has 38 heavy (non-hydrogen) atoms. The van der Waals surface area contributed by atoms with Crippen molar-refractivity contribution < 1.29 is 23.0 Å². The molecule has 196 valence electrons. The number of benzene rings is 2. The van der Waals surface area contributed by atoms with E-state index in [1.165, 1.54) is 6.07 Å². The van der Waals surface area contributed by atoms with E-state index in [9.17, 15) is 23.6 Å². The van der Waals surface area contributed by atoms with Crippen LogP contribution in [0.15, 0.2) is 35.1 Å². The Labute approximate surface area is 219 Å². The molecule has 1 aliphatic rings. The Bertz CT molecular complexity index is 1620. The zero-order valence-electron chi connectivity index (χ0n) is 19.9. The van der Waals surface area contributed by atoms with Gasteiger partial charge >= 0.3 is 0 Å². The standard InChI is InChI=1S/C25H21ClF2N6O4/c26-22-23-18(9-14(11-29)24(22)38-13-19(27)28)30-20(31-23)10-17-15-3-1-2-4-16(15)25(36)34(32-17)12-21(35)33-5-7-37-8-6-33/h1-4,9,19H,5-8,10,12-13H2,(H,30,31). The lowest BCUT2D eigenvalue weighted by molar-refractivity contribution is -0.136. The van der Waals surface area contributed by atoms with Crippen LogP contribution in [0.25, 0.3) is 21.8 Å². The molecule has 3 heterocycles. The second-order valence-electron chi connectivity index (χ2n) is 8.59. The molecule has 2 aromatic heterocycles. The molecule has 13 heteroatoms. The molecule has 1 amide bonds. The lowest BCUT2D eigenvalue weighted by Gasteiger charge is -2.26. The van der Waals surface area contributed by atoms with E-state index in [2.05, 4.69) is 15.1 Å². The van der Waals surface area contributed by atoms with Crippen LogP contribution in [-0.4, -0.2) is 69.9 Å². The Morgan fingerprint density at radius 1 is 1.26 bits per heavy atom. The summed E-state index contributed by atoms with van der Waals surface area (Å²) < 4.78 is 36.9. The van der Waals surface area contributed by atoms with Crippen molar-refractivity contribution in [2.45, 2.75) is 19.4 Å². The van der Waals surface area contributed by atoms with E-state index < -0.39 is 18.6 Å². The molecule has 2 aromatic carbocycles. The number of halogens is 3. The lowest BCUT2D eigenvalue weighted by Crippen LogP contribution is -2.43. The van der Waals surface area contributed by atoms with Gasteiger partial charge in [0.2, 0.25) is 5.91 Å². The van der Waals surface area contributed by atoms with Gasteiger partial charge in [0.15, 0.2) is 5.75 Å².